The molecule has 0 aliphatic heterocycles. The number of ether oxygens (including phenoxy) is 2. The highest BCUT2D eigenvalue weighted by molar-refractivity contribution is 6.08. The highest BCUT2D eigenvalue weighted by Crippen LogP contribution is 2.27. The van der Waals surface area contributed by atoms with Gasteiger partial charge in [-0.1, -0.05) is 12.4 Å². The number of carbonyl (C=O) groups is 2. The Kier molecular flexibility index (Phi) is 5.25. The second kappa shape index (κ2) is 6.69. The van der Waals surface area contributed by atoms with E-state index in [1.807, 2.05) is 0 Å². The zero-order valence-electron chi connectivity index (χ0n) is 11.0. The lowest BCUT2D eigenvalue weighted by molar-refractivity contribution is -0.385. The number of nitro benzene ring substituents is 1. The Morgan fingerprint density at radius 2 is 1.85 bits per heavy atom. The first-order chi connectivity index (χ1) is 9.35. The molecule has 1 aromatic carbocycles. The average Bonchev–Trinajstić information content (AvgIpc) is 2.36. The molecule has 0 spiro atoms. The number of hydrogen-bond acceptors (Lipinski definition) is 6. The van der Waals surface area contributed by atoms with Gasteiger partial charge in [0.25, 0.3) is 12.0 Å². The molecule has 0 aliphatic rings. The van der Waals surface area contributed by atoms with Crippen LogP contribution in [0.5, 0.6) is 0 Å². The van der Waals surface area contributed by atoms with Crippen LogP contribution < -0.4 is 0 Å². The molecule has 2 radical (unpaired) electrons. The lowest BCUT2D eigenvalue weighted by Gasteiger charge is -2.19. The number of nitro groups is 1. The number of nitrogens with zero attached hydrogens (tertiary/aromatic N) is 1. The summed E-state index contributed by atoms with van der Waals surface area (Å²) in [5, 5.41) is 10.8. The van der Waals surface area contributed by atoms with Gasteiger partial charge in [-0.2, -0.15) is 0 Å². The molecule has 0 heterocycles. The van der Waals surface area contributed by atoms with Crippen LogP contribution in [0.15, 0.2) is 18.2 Å². The fourth-order valence-electron chi connectivity index (χ4n) is 1.55. The summed E-state index contributed by atoms with van der Waals surface area (Å²) >= 11 is 0. The van der Waals surface area contributed by atoms with Gasteiger partial charge >= 0.3 is 11.9 Å². The average molecular weight is 277 g/mol. The van der Waals surface area contributed by atoms with Gasteiger partial charge in [0.15, 0.2) is 0 Å². The van der Waals surface area contributed by atoms with Gasteiger partial charge in [-0.05, 0) is 5.56 Å². The Labute approximate surface area is 116 Å². The summed E-state index contributed by atoms with van der Waals surface area (Å²) in [5.41, 5.74) is 0.428. The summed E-state index contributed by atoms with van der Waals surface area (Å²) in [7, 11) is 5.53. The van der Waals surface area contributed by atoms with Gasteiger partial charge in [-0.15, -0.1) is 0 Å². The van der Waals surface area contributed by atoms with Crippen molar-refractivity contribution in [3.8, 4) is 0 Å². The molecular formula is C12H12BNO6. The van der Waals surface area contributed by atoms with Crippen molar-refractivity contribution in [2.24, 2.45) is 0 Å². The summed E-state index contributed by atoms with van der Waals surface area (Å²) in [6.45, 7) is 2.27. The van der Waals surface area contributed by atoms with Crippen LogP contribution in [0.4, 0.5) is 5.69 Å². The Balaban J connectivity index is 3.27. The standard InChI is InChI=1S/C12H12BNO6/c1-7(15)19-12(20-8(2)16)11-5-10(14(17)18)4-3-9(11)6-13/h3-5,12H,6H2,1-2H3. The first kappa shape index (κ1) is 15.7. The predicted molar refractivity (Wildman–Crippen MR) is 68.8 cm³/mol. The van der Waals surface area contributed by atoms with Gasteiger partial charge in [0.1, 0.15) is 0 Å². The van der Waals surface area contributed by atoms with Crippen LogP contribution in [0.25, 0.3) is 0 Å². The molecule has 0 amide bonds. The molecule has 8 heteroatoms. The summed E-state index contributed by atoms with van der Waals surface area (Å²) < 4.78 is 9.73. The zero-order chi connectivity index (χ0) is 15.3. The van der Waals surface area contributed by atoms with Crippen molar-refractivity contribution in [2.45, 2.75) is 26.5 Å². The summed E-state index contributed by atoms with van der Waals surface area (Å²) in [5.74, 6) is -1.38. The van der Waals surface area contributed by atoms with Crippen LogP contribution >= 0.6 is 0 Å². The van der Waals surface area contributed by atoms with Crippen molar-refractivity contribution in [1.82, 2.24) is 0 Å². The molecule has 0 aliphatic carbocycles. The number of esters is 2. The molecule has 0 bridgehead atoms. The topological polar surface area (TPSA) is 95.7 Å². The first-order valence-electron chi connectivity index (χ1n) is 5.67. The lowest BCUT2D eigenvalue weighted by atomic mass is 9.92. The van der Waals surface area contributed by atoms with Crippen molar-refractivity contribution in [3.05, 3.63) is 39.4 Å². The minimum atomic E-state index is -1.36. The SMILES string of the molecule is [B]Cc1ccc([N+](=O)[O-])cc1C(OC(C)=O)OC(C)=O. The van der Waals surface area contributed by atoms with Crippen LogP contribution in [0, 0.1) is 10.1 Å². The normalized spacial score (nSPS) is 10.2. The van der Waals surface area contributed by atoms with Gasteiger partial charge in [0, 0.05) is 31.5 Å². The molecule has 0 saturated heterocycles. The van der Waals surface area contributed by atoms with Gasteiger partial charge < -0.3 is 9.47 Å². The molecule has 1 rings (SSSR count). The highest BCUT2D eigenvalue weighted by atomic mass is 16.7. The minimum Gasteiger partial charge on any atom is -0.421 e. The number of non-ortho nitro benzene ring substituents is 1. The van der Waals surface area contributed by atoms with E-state index in [0.717, 1.165) is 13.8 Å². The van der Waals surface area contributed by atoms with E-state index in [1.165, 1.54) is 18.2 Å². The molecule has 1 aromatic rings. The number of rotatable bonds is 5. The maximum atomic E-state index is 11.0. The first-order valence-corrected chi connectivity index (χ1v) is 5.67. The second-order valence-corrected chi connectivity index (χ2v) is 3.90. The molecule has 0 unspecified atom stereocenters. The van der Waals surface area contributed by atoms with E-state index in [4.69, 9.17) is 17.3 Å². The molecule has 0 N–H and O–H groups in total. The Hall–Kier alpha value is -2.38. The quantitative estimate of drug-likeness (QED) is 0.265. The third kappa shape index (κ3) is 4.08. The second-order valence-electron chi connectivity index (χ2n) is 3.90. The van der Waals surface area contributed by atoms with Gasteiger partial charge in [-0.3, -0.25) is 19.7 Å². The van der Waals surface area contributed by atoms with Gasteiger partial charge in [0.2, 0.25) is 0 Å². The third-order valence-corrected chi connectivity index (χ3v) is 2.36. The minimum absolute atomic E-state index is 0.0480. The van der Waals surface area contributed by atoms with Crippen molar-refractivity contribution in [1.29, 1.82) is 0 Å². The van der Waals surface area contributed by atoms with Crippen molar-refractivity contribution in [2.75, 3.05) is 0 Å². The van der Waals surface area contributed by atoms with Crippen LogP contribution in [0.1, 0.15) is 31.3 Å². The smallest absolute Gasteiger partial charge is 0.305 e. The van der Waals surface area contributed by atoms with E-state index >= 15 is 0 Å². The molecule has 0 atom stereocenters. The van der Waals surface area contributed by atoms with E-state index < -0.39 is 23.2 Å². The summed E-state index contributed by atoms with van der Waals surface area (Å²) in [4.78, 5) is 32.3. The lowest BCUT2D eigenvalue weighted by Crippen LogP contribution is -2.17. The van der Waals surface area contributed by atoms with E-state index in [2.05, 4.69) is 0 Å². The number of hydrogen-bond donors (Lipinski definition) is 0. The monoisotopic (exact) mass is 277 g/mol. The molecule has 0 fully saturated rings. The molecule has 104 valence electrons. The van der Waals surface area contributed by atoms with Crippen LogP contribution in [-0.2, 0) is 25.4 Å². The van der Waals surface area contributed by atoms with Crippen molar-refractivity contribution >= 4 is 25.5 Å². The highest BCUT2D eigenvalue weighted by Gasteiger charge is 2.23. The maximum absolute atomic E-state index is 11.0. The van der Waals surface area contributed by atoms with E-state index in [0.29, 0.717) is 5.56 Å². The molecule has 0 aromatic heterocycles. The predicted octanol–water partition coefficient (Wildman–Crippen LogP) is 1.39. The van der Waals surface area contributed by atoms with Crippen LogP contribution in [-0.4, -0.2) is 24.7 Å². The number of benzene rings is 1. The van der Waals surface area contributed by atoms with Crippen molar-refractivity contribution in [3.63, 3.8) is 0 Å². The summed E-state index contributed by atoms with van der Waals surface area (Å²) in [6, 6.07) is 3.86. The van der Waals surface area contributed by atoms with E-state index in [-0.39, 0.29) is 17.6 Å². The number of carbonyl (C=O) groups excluding carboxylic acids is 2. The zero-order valence-corrected chi connectivity index (χ0v) is 11.0. The van der Waals surface area contributed by atoms with Gasteiger partial charge in [0.05, 0.1) is 12.8 Å². The van der Waals surface area contributed by atoms with Crippen molar-refractivity contribution < 1.29 is 24.0 Å². The molecule has 7 nitrogen and oxygen atoms in total. The van der Waals surface area contributed by atoms with E-state index in [1.54, 1.807) is 0 Å². The fraction of sp³-hybridized carbons (Fsp3) is 0.333. The van der Waals surface area contributed by atoms with Crippen LogP contribution in [0.2, 0.25) is 0 Å². The third-order valence-electron chi connectivity index (χ3n) is 2.36. The largest absolute Gasteiger partial charge is 0.421 e. The molecular weight excluding hydrogens is 265 g/mol. The Bertz CT molecular complexity index is 529. The van der Waals surface area contributed by atoms with E-state index in [9.17, 15) is 19.7 Å². The van der Waals surface area contributed by atoms with Gasteiger partial charge in [-0.25, -0.2) is 0 Å². The summed E-state index contributed by atoms with van der Waals surface area (Å²) in [6.07, 6.45) is -1.31. The molecule has 20 heavy (non-hydrogen) atoms. The maximum Gasteiger partial charge on any atom is 0.305 e. The Morgan fingerprint density at radius 1 is 1.30 bits per heavy atom. The fourth-order valence-corrected chi connectivity index (χ4v) is 1.55. The Morgan fingerprint density at radius 3 is 2.25 bits per heavy atom. The molecule has 0 saturated carbocycles. The van der Waals surface area contributed by atoms with Crippen LogP contribution in [0.3, 0.4) is 0 Å².